The molecule has 0 aromatic rings. The van der Waals surface area contributed by atoms with Crippen molar-refractivity contribution in [3.63, 3.8) is 0 Å². The van der Waals surface area contributed by atoms with Crippen LogP contribution in [0.2, 0.25) is 0 Å². The Bertz CT molecular complexity index is 1300. The Labute approximate surface area is 437 Å². The molecule has 12 atom stereocenters. The van der Waals surface area contributed by atoms with Crippen LogP contribution in [0, 0.1) is 0 Å². The molecule has 0 spiro atoms. The largest absolute Gasteiger partial charge is 0.394 e. The van der Waals surface area contributed by atoms with E-state index in [9.17, 15) is 45.6 Å². The van der Waals surface area contributed by atoms with Crippen molar-refractivity contribution < 1.29 is 64.6 Å². The molecule has 2 fully saturated rings. The van der Waals surface area contributed by atoms with Crippen LogP contribution in [0.3, 0.4) is 0 Å². The Kier molecular flexibility index (Phi) is 41.2. The number of carbonyl (C=O) groups is 1. The standard InChI is InChI=1S/C58H109NO13/c1-3-5-7-9-11-12-13-14-15-16-17-18-19-20-21-22-23-24-25-26-27-28-29-30-31-32-33-34-36-38-40-42-50(63)59-46(47(62)41-39-37-35-10-8-6-4-2)45-69-57-55(68)53(66)56(49(44-61)71-57)72-58-54(67)52(65)51(64)48(43-60)70-58/h13-14,16-17,46-49,51-58,60-62,64-68H,3-12,15,18-45H2,1-2H3,(H,59,63)/b14-13-,17-16-. The van der Waals surface area contributed by atoms with Gasteiger partial charge in [-0.25, -0.2) is 0 Å². The summed E-state index contributed by atoms with van der Waals surface area (Å²) in [5.41, 5.74) is 0. The summed E-state index contributed by atoms with van der Waals surface area (Å²) in [6, 6.07) is -0.823. The third kappa shape index (κ3) is 30.3. The molecule has 0 radical (unpaired) electrons. The number of hydrogen-bond acceptors (Lipinski definition) is 13. The van der Waals surface area contributed by atoms with Crippen LogP contribution in [0.4, 0.5) is 0 Å². The zero-order valence-corrected chi connectivity index (χ0v) is 45.4. The van der Waals surface area contributed by atoms with Gasteiger partial charge in [-0.2, -0.15) is 0 Å². The van der Waals surface area contributed by atoms with Crippen LogP contribution in [0.25, 0.3) is 0 Å². The van der Waals surface area contributed by atoms with Gasteiger partial charge in [-0.15, -0.1) is 0 Å². The lowest BCUT2D eigenvalue weighted by atomic mass is 9.97. The second-order valence-electron chi connectivity index (χ2n) is 21.1. The molecule has 72 heavy (non-hydrogen) atoms. The molecule has 9 N–H and O–H groups in total. The van der Waals surface area contributed by atoms with Crippen LogP contribution in [0.5, 0.6) is 0 Å². The molecular weight excluding hydrogens is 919 g/mol. The first kappa shape index (κ1) is 66.6. The van der Waals surface area contributed by atoms with Gasteiger partial charge < -0.3 is 65.1 Å². The van der Waals surface area contributed by atoms with Gasteiger partial charge in [0.05, 0.1) is 32.0 Å². The molecule has 0 saturated carbocycles. The Hall–Kier alpha value is -1.53. The van der Waals surface area contributed by atoms with Crippen molar-refractivity contribution in [3.8, 4) is 0 Å². The summed E-state index contributed by atoms with van der Waals surface area (Å²) in [6.45, 7) is 2.80. The van der Waals surface area contributed by atoms with Crippen molar-refractivity contribution in [2.75, 3.05) is 19.8 Å². The van der Waals surface area contributed by atoms with E-state index in [1.165, 1.54) is 161 Å². The molecule has 2 rings (SSSR count). The van der Waals surface area contributed by atoms with Crippen LogP contribution in [0.1, 0.15) is 245 Å². The van der Waals surface area contributed by atoms with Gasteiger partial charge in [0.1, 0.15) is 48.8 Å². The third-order valence-corrected chi connectivity index (χ3v) is 14.7. The highest BCUT2D eigenvalue weighted by Gasteiger charge is 2.51. The minimum Gasteiger partial charge on any atom is -0.394 e. The summed E-state index contributed by atoms with van der Waals surface area (Å²) >= 11 is 0. The summed E-state index contributed by atoms with van der Waals surface area (Å²) in [7, 11) is 0. The molecular formula is C58H109NO13. The lowest BCUT2D eigenvalue weighted by Gasteiger charge is -2.46. The summed E-state index contributed by atoms with van der Waals surface area (Å²) in [5, 5.41) is 86.7. The van der Waals surface area contributed by atoms with Gasteiger partial charge in [0.25, 0.3) is 0 Å². The normalized spacial score (nSPS) is 25.7. The quantitative estimate of drug-likeness (QED) is 0.0205. The van der Waals surface area contributed by atoms with Gasteiger partial charge in [0.2, 0.25) is 5.91 Å². The Balaban J connectivity index is 1.58. The van der Waals surface area contributed by atoms with Crippen molar-refractivity contribution in [1.82, 2.24) is 5.32 Å². The molecule has 2 saturated heterocycles. The van der Waals surface area contributed by atoms with E-state index in [-0.39, 0.29) is 12.5 Å². The van der Waals surface area contributed by atoms with Gasteiger partial charge in [0.15, 0.2) is 12.6 Å². The smallest absolute Gasteiger partial charge is 0.220 e. The molecule has 2 aliphatic heterocycles. The van der Waals surface area contributed by atoms with E-state index in [1.807, 2.05) is 0 Å². The molecule has 0 aromatic carbocycles. The summed E-state index contributed by atoms with van der Waals surface area (Å²) in [5.74, 6) is -0.208. The SMILES string of the molecule is CCCCCCC/C=C\C/C=C\CCCCCCCCCCCCCCCCCCCCCC(=O)NC(COC1OC(CO)C(OC2OC(CO)C(O)C(O)C2O)C(O)C1O)C(O)CCCCCCCCC. The Morgan fingerprint density at radius 3 is 1.39 bits per heavy atom. The zero-order chi connectivity index (χ0) is 52.4. The van der Waals surface area contributed by atoms with E-state index in [0.717, 1.165) is 57.8 Å². The van der Waals surface area contributed by atoms with Gasteiger partial charge in [-0.05, 0) is 44.9 Å². The minimum atomic E-state index is -1.78. The van der Waals surface area contributed by atoms with E-state index in [1.54, 1.807) is 0 Å². The summed E-state index contributed by atoms with van der Waals surface area (Å²) in [6.07, 6.45) is 35.3. The monoisotopic (exact) mass is 1030 g/mol. The van der Waals surface area contributed by atoms with Crippen molar-refractivity contribution in [2.24, 2.45) is 0 Å². The second-order valence-corrected chi connectivity index (χ2v) is 21.1. The molecule has 1 amide bonds. The third-order valence-electron chi connectivity index (χ3n) is 14.7. The highest BCUT2D eigenvalue weighted by atomic mass is 16.7. The van der Waals surface area contributed by atoms with Crippen molar-refractivity contribution >= 4 is 5.91 Å². The van der Waals surface area contributed by atoms with Gasteiger partial charge >= 0.3 is 0 Å². The average molecular weight is 1030 g/mol. The number of carbonyl (C=O) groups excluding carboxylic acids is 1. The number of aliphatic hydroxyl groups excluding tert-OH is 8. The molecule has 14 heteroatoms. The predicted molar refractivity (Wildman–Crippen MR) is 286 cm³/mol. The Morgan fingerprint density at radius 2 is 0.917 bits per heavy atom. The lowest BCUT2D eigenvalue weighted by molar-refractivity contribution is -0.359. The maximum Gasteiger partial charge on any atom is 0.220 e. The van der Waals surface area contributed by atoms with Crippen molar-refractivity contribution in [3.05, 3.63) is 24.3 Å². The second kappa shape index (κ2) is 44.6. The molecule has 2 aliphatic rings. The van der Waals surface area contributed by atoms with E-state index in [0.29, 0.717) is 12.8 Å². The van der Waals surface area contributed by atoms with Gasteiger partial charge in [-0.3, -0.25) is 4.79 Å². The van der Waals surface area contributed by atoms with Crippen molar-refractivity contribution in [1.29, 1.82) is 0 Å². The summed E-state index contributed by atoms with van der Waals surface area (Å²) < 4.78 is 22.7. The fourth-order valence-electron chi connectivity index (χ4n) is 9.86. The van der Waals surface area contributed by atoms with Gasteiger partial charge in [-0.1, -0.05) is 218 Å². The number of amides is 1. The maximum atomic E-state index is 13.2. The topological polar surface area (TPSA) is 228 Å². The fourth-order valence-corrected chi connectivity index (χ4v) is 9.86. The predicted octanol–water partition coefficient (Wildman–Crippen LogP) is 9.67. The molecule has 12 unspecified atom stereocenters. The molecule has 2 heterocycles. The number of hydrogen-bond donors (Lipinski definition) is 9. The average Bonchev–Trinajstić information content (AvgIpc) is 3.38. The lowest BCUT2D eigenvalue weighted by Crippen LogP contribution is -2.65. The van der Waals surface area contributed by atoms with Crippen LogP contribution < -0.4 is 5.32 Å². The first-order valence-electron chi connectivity index (χ1n) is 29.6. The first-order valence-corrected chi connectivity index (χ1v) is 29.6. The fraction of sp³-hybridized carbons (Fsp3) is 0.914. The van der Waals surface area contributed by atoms with Gasteiger partial charge in [0, 0.05) is 6.42 Å². The van der Waals surface area contributed by atoms with E-state index in [4.69, 9.17) is 18.9 Å². The van der Waals surface area contributed by atoms with Crippen LogP contribution >= 0.6 is 0 Å². The molecule has 424 valence electrons. The number of unbranched alkanes of at least 4 members (excludes halogenated alkanes) is 30. The zero-order valence-electron chi connectivity index (χ0n) is 45.4. The highest BCUT2D eigenvalue weighted by Crippen LogP contribution is 2.30. The highest BCUT2D eigenvalue weighted by molar-refractivity contribution is 5.76. The van der Waals surface area contributed by atoms with E-state index in [2.05, 4.69) is 43.5 Å². The van der Waals surface area contributed by atoms with Crippen LogP contribution in [-0.2, 0) is 23.7 Å². The number of ether oxygens (including phenoxy) is 4. The number of aliphatic hydroxyl groups is 8. The van der Waals surface area contributed by atoms with E-state index >= 15 is 0 Å². The van der Waals surface area contributed by atoms with Crippen LogP contribution in [0.15, 0.2) is 24.3 Å². The number of rotatable bonds is 47. The van der Waals surface area contributed by atoms with Crippen LogP contribution in [-0.4, -0.2) is 140 Å². The van der Waals surface area contributed by atoms with E-state index < -0.39 is 86.8 Å². The number of allylic oxidation sites excluding steroid dienone is 4. The van der Waals surface area contributed by atoms with Crippen molar-refractivity contribution in [2.45, 2.75) is 319 Å². The molecule has 0 aromatic heterocycles. The minimum absolute atomic E-state index is 0.208. The molecule has 0 aliphatic carbocycles. The molecule has 14 nitrogen and oxygen atoms in total. The maximum absolute atomic E-state index is 13.2. The first-order chi connectivity index (χ1) is 35.1. The molecule has 0 bridgehead atoms. The number of nitrogens with one attached hydrogen (secondary N) is 1. The Morgan fingerprint density at radius 1 is 0.500 bits per heavy atom. The summed E-state index contributed by atoms with van der Waals surface area (Å²) in [4.78, 5) is 13.2.